The summed E-state index contributed by atoms with van der Waals surface area (Å²) in [6.45, 7) is 4.26. The lowest BCUT2D eigenvalue weighted by atomic mass is 9.98. The molecule has 0 aliphatic heterocycles. The summed E-state index contributed by atoms with van der Waals surface area (Å²) in [7, 11) is 0. The van der Waals surface area contributed by atoms with Gasteiger partial charge in [-0.1, -0.05) is 38.1 Å². The van der Waals surface area contributed by atoms with Crippen LogP contribution in [0, 0.1) is 5.92 Å². The van der Waals surface area contributed by atoms with Crippen molar-refractivity contribution in [3.05, 3.63) is 48.0 Å². The number of aromatic amines is 1. The number of hydrogen-bond donors (Lipinski definition) is 2. The Kier molecular flexibility index (Phi) is 3.03. The zero-order chi connectivity index (χ0) is 13.4. The van der Waals surface area contributed by atoms with E-state index in [1.165, 1.54) is 10.8 Å². The van der Waals surface area contributed by atoms with Crippen LogP contribution < -0.4 is 0 Å². The van der Waals surface area contributed by atoms with E-state index in [4.69, 9.17) is 0 Å². The molecule has 0 spiro atoms. The van der Waals surface area contributed by atoms with Gasteiger partial charge in [0, 0.05) is 21.8 Å². The molecule has 0 saturated heterocycles. The standard InChI is InChI=1S/C17H19NO/c1-11(2)9-17(19)12-7-8-16-14(10-12)13-5-3-4-6-15(13)18-16/h3-8,10-11,17-19H,9H2,1-2H3. The summed E-state index contributed by atoms with van der Waals surface area (Å²) in [4.78, 5) is 3.40. The maximum atomic E-state index is 10.2. The molecule has 2 aromatic carbocycles. The minimum atomic E-state index is -0.377. The van der Waals surface area contributed by atoms with Crippen LogP contribution in [0.15, 0.2) is 42.5 Å². The summed E-state index contributed by atoms with van der Waals surface area (Å²) < 4.78 is 0. The van der Waals surface area contributed by atoms with E-state index in [-0.39, 0.29) is 6.10 Å². The van der Waals surface area contributed by atoms with Crippen molar-refractivity contribution in [1.29, 1.82) is 0 Å². The lowest BCUT2D eigenvalue weighted by Crippen LogP contribution is -2.01. The molecule has 0 amide bonds. The summed E-state index contributed by atoms with van der Waals surface area (Å²) >= 11 is 0. The van der Waals surface area contributed by atoms with Crippen LogP contribution in [-0.4, -0.2) is 10.1 Å². The quantitative estimate of drug-likeness (QED) is 0.713. The topological polar surface area (TPSA) is 36.0 Å². The second-order valence-electron chi connectivity index (χ2n) is 5.62. The van der Waals surface area contributed by atoms with E-state index in [1.807, 2.05) is 18.2 Å². The number of H-pyrrole nitrogens is 1. The first-order valence-electron chi connectivity index (χ1n) is 6.83. The highest BCUT2D eigenvalue weighted by Gasteiger charge is 2.12. The molecule has 0 aliphatic rings. The van der Waals surface area contributed by atoms with E-state index in [9.17, 15) is 5.11 Å². The van der Waals surface area contributed by atoms with Crippen molar-refractivity contribution in [3.8, 4) is 0 Å². The average molecular weight is 253 g/mol. The molecule has 0 fully saturated rings. The molecule has 1 aromatic heterocycles. The molecule has 0 saturated carbocycles. The third-order valence-electron chi connectivity index (χ3n) is 3.61. The Labute approximate surface area is 113 Å². The minimum absolute atomic E-state index is 0.377. The molecule has 0 radical (unpaired) electrons. The van der Waals surface area contributed by atoms with Crippen molar-refractivity contribution in [1.82, 2.24) is 4.98 Å². The Bertz CT molecular complexity index is 711. The number of aliphatic hydroxyl groups is 1. The number of aliphatic hydroxyl groups excluding tert-OH is 1. The third-order valence-corrected chi connectivity index (χ3v) is 3.61. The van der Waals surface area contributed by atoms with Crippen LogP contribution in [0.5, 0.6) is 0 Å². The summed E-state index contributed by atoms with van der Waals surface area (Å²) in [6, 6.07) is 14.5. The van der Waals surface area contributed by atoms with Gasteiger partial charge < -0.3 is 10.1 Å². The highest BCUT2D eigenvalue weighted by atomic mass is 16.3. The number of benzene rings is 2. The van der Waals surface area contributed by atoms with Crippen LogP contribution in [0.2, 0.25) is 0 Å². The van der Waals surface area contributed by atoms with E-state index >= 15 is 0 Å². The van der Waals surface area contributed by atoms with Gasteiger partial charge in [0.25, 0.3) is 0 Å². The molecule has 2 heteroatoms. The molecule has 2 N–H and O–H groups in total. The lowest BCUT2D eigenvalue weighted by Gasteiger charge is -2.13. The van der Waals surface area contributed by atoms with Crippen LogP contribution in [0.4, 0.5) is 0 Å². The highest BCUT2D eigenvalue weighted by molar-refractivity contribution is 6.07. The summed E-state index contributed by atoms with van der Waals surface area (Å²) in [6.07, 6.45) is 0.423. The SMILES string of the molecule is CC(C)CC(O)c1ccc2[nH]c3ccccc3c2c1. The van der Waals surface area contributed by atoms with Gasteiger partial charge in [-0.25, -0.2) is 0 Å². The lowest BCUT2D eigenvalue weighted by molar-refractivity contribution is 0.151. The highest BCUT2D eigenvalue weighted by Crippen LogP contribution is 2.29. The van der Waals surface area contributed by atoms with Crippen LogP contribution in [-0.2, 0) is 0 Å². The van der Waals surface area contributed by atoms with Crippen molar-refractivity contribution in [3.63, 3.8) is 0 Å². The molecule has 19 heavy (non-hydrogen) atoms. The first-order chi connectivity index (χ1) is 9.15. The Hall–Kier alpha value is -1.80. The molecule has 1 atom stereocenters. The Balaban J connectivity index is 2.11. The number of aromatic nitrogens is 1. The monoisotopic (exact) mass is 253 g/mol. The maximum absolute atomic E-state index is 10.2. The zero-order valence-corrected chi connectivity index (χ0v) is 11.4. The Morgan fingerprint density at radius 2 is 1.74 bits per heavy atom. The van der Waals surface area contributed by atoms with Crippen molar-refractivity contribution in [2.45, 2.75) is 26.4 Å². The van der Waals surface area contributed by atoms with Crippen LogP contribution in [0.3, 0.4) is 0 Å². The summed E-state index contributed by atoms with van der Waals surface area (Å²) in [5.41, 5.74) is 3.28. The van der Waals surface area contributed by atoms with Gasteiger partial charge in [0.15, 0.2) is 0 Å². The van der Waals surface area contributed by atoms with Gasteiger partial charge in [0.05, 0.1) is 6.10 Å². The Morgan fingerprint density at radius 1 is 1.00 bits per heavy atom. The Morgan fingerprint density at radius 3 is 2.53 bits per heavy atom. The van der Waals surface area contributed by atoms with Gasteiger partial charge in [-0.3, -0.25) is 0 Å². The number of rotatable bonds is 3. The van der Waals surface area contributed by atoms with Crippen LogP contribution >= 0.6 is 0 Å². The second kappa shape index (κ2) is 4.71. The molecule has 3 aromatic rings. The molecule has 3 rings (SSSR count). The van der Waals surface area contributed by atoms with Crippen LogP contribution in [0.1, 0.15) is 31.9 Å². The molecule has 2 nitrogen and oxygen atoms in total. The number of hydrogen-bond acceptors (Lipinski definition) is 1. The molecule has 0 bridgehead atoms. The second-order valence-corrected chi connectivity index (χ2v) is 5.62. The average Bonchev–Trinajstić information content (AvgIpc) is 2.75. The molecule has 0 aliphatic carbocycles. The van der Waals surface area contributed by atoms with Crippen molar-refractivity contribution in [2.75, 3.05) is 0 Å². The fourth-order valence-corrected chi connectivity index (χ4v) is 2.66. The van der Waals surface area contributed by atoms with E-state index in [0.717, 1.165) is 23.0 Å². The fourth-order valence-electron chi connectivity index (χ4n) is 2.66. The van der Waals surface area contributed by atoms with Gasteiger partial charge in [0.2, 0.25) is 0 Å². The smallest absolute Gasteiger partial charge is 0.0792 e. The first-order valence-corrected chi connectivity index (χ1v) is 6.83. The first kappa shape index (κ1) is 12.2. The van der Waals surface area contributed by atoms with Gasteiger partial charge in [0.1, 0.15) is 0 Å². The predicted octanol–water partition coefficient (Wildman–Crippen LogP) is 4.40. The van der Waals surface area contributed by atoms with Crippen molar-refractivity contribution in [2.24, 2.45) is 5.92 Å². The normalized spacial score (nSPS) is 13.5. The number of nitrogens with one attached hydrogen (secondary N) is 1. The largest absolute Gasteiger partial charge is 0.388 e. The van der Waals surface area contributed by atoms with Gasteiger partial charge >= 0.3 is 0 Å². The summed E-state index contributed by atoms with van der Waals surface area (Å²) in [5.74, 6) is 0.494. The number of fused-ring (bicyclic) bond motifs is 3. The minimum Gasteiger partial charge on any atom is -0.388 e. The van der Waals surface area contributed by atoms with Crippen molar-refractivity contribution >= 4 is 21.8 Å². The van der Waals surface area contributed by atoms with Gasteiger partial charge in [-0.05, 0) is 36.1 Å². The van der Waals surface area contributed by atoms with E-state index in [0.29, 0.717) is 5.92 Å². The third kappa shape index (κ3) is 2.24. The molecule has 98 valence electrons. The van der Waals surface area contributed by atoms with Crippen LogP contribution in [0.25, 0.3) is 21.8 Å². The van der Waals surface area contributed by atoms with Gasteiger partial charge in [-0.15, -0.1) is 0 Å². The van der Waals surface area contributed by atoms with Gasteiger partial charge in [-0.2, -0.15) is 0 Å². The molecular weight excluding hydrogens is 234 g/mol. The maximum Gasteiger partial charge on any atom is 0.0792 e. The molecule has 1 unspecified atom stereocenters. The van der Waals surface area contributed by atoms with E-state index in [1.54, 1.807) is 0 Å². The summed E-state index contributed by atoms with van der Waals surface area (Å²) in [5, 5.41) is 12.7. The zero-order valence-electron chi connectivity index (χ0n) is 11.4. The van der Waals surface area contributed by atoms with E-state index in [2.05, 4.69) is 43.1 Å². The van der Waals surface area contributed by atoms with E-state index < -0.39 is 0 Å². The molecular formula is C17H19NO. The predicted molar refractivity (Wildman–Crippen MR) is 80.2 cm³/mol. The molecule has 1 heterocycles. The fraction of sp³-hybridized carbons (Fsp3) is 0.294. The number of para-hydroxylation sites is 1. The van der Waals surface area contributed by atoms with Crippen molar-refractivity contribution < 1.29 is 5.11 Å².